The Balaban J connectivity index is 4.22. The molecule has 0 atom stereocenters. The molecule has 0 fully saturated rings. The van der Waals surface area contributed by atoms with E-state index < -0.39 is 52.2 Å². The molecule has 22 heavy (non-hydrogen) atoms. The summed E-state index contributed by atoms with van der Waals surface area (Å²) in [6.07, 6.45) is -17.2. The van der Waals surface area contributed by atoms with Gasteiger partial charge in [0, 0.05) is 5.56 Å². The largest absolute Gasteiger partial charge is 0.419 e. The van der Waals surface area contributed by atoms with Crippen LogP contribution in [0.3, 0.4) is 0 Å². The summed E-state index contributed by atoms with van der Waals surface area (Å²) < 4.78 is 116. The first kappa shape index (κ1) is 18.0. The SMILES string of the molecule is C=Cc1c(N)c(N)c(C(F)(F)F)c(C(F)(F)F)c1C(F)(F)F. The van der Waals surface area contributed by atoms with Crippen molar-refractivity contribution in [2.45, 2.75) is 18.5 Å². The Morgan fingerprint density at radius 2 is 1.00 bits per heavy atom. The lowest BCUT2D eigenvalue weighted by molar-refractivity contribution is -0.174. The normalized spacial score (nSPS) is 13.3. The molecule has 0 aromatic heterocycles. The smallest absolute Gasteiger partial charge is 0.397 e. The van der Waals surface area contributed by atoms with E-state index >= 15 is 0 Å². The number of alkyl halides is 9. The highest BCUT2D eigenvalue weighted by molar-refractivity contribution is 5.83. The van der Waals surface area contributed by atoms with Crippen LogP contribution in [0.25, 0.3) is 6.08 Å². The van der Waals surface area contributed by atoms with Crippen molar-refractivity contribution in [1.29, 1.82) is 0 Å². The first-order valence-electron chi connectivity index (χ1n) is 5.23. The quantitative estimate of drug-likeness (QED) is 0.583. The summed E-state index contributed by atoms with van der Waals surface area (Å²) in [4.78, 5) is 0. The van der Waals surface area contributed by atoms with Gasteiger partial charge in [0.1, 0.15) is 0 Å². The summed E-state index contributed by atoms with van der Waals surface area (Å²) in [6, 6.07) is 0. The van der Waals surface area contributed by atoms with Crippen molar-refractivity contribution in [3.63, 3.8) is 0 Å². The number of hydrogen-bond acceptors (Lipinski definition) is 2. The van der Waals surface area contributed by atoms with Gasteiger partial charge in [0.05, 0.1) is 28.1 Å². The molecule has 0 bridgehead atoms. The third-order valence-electron chi connectivity index (χ3n) is 2.67. The monoisotopic (exact) mass is 338 g/mol. The molecule has 1 aromatic rings. The fourth-order valence-electron chi connectivity index (χ4n) is 1.89. The van der Waals surface area contributed by atoms with Crippen molar-refractivity contribution in [2.75, 3.05) is 11.5 Å². The fourth-order valence-corrected chi connectivity index (χ4v) is 1.89. The van der Waals surface area contributed by atoms with E-state index in [1.165, 1.54) is 0 Å². The van der Waals surface area contributed by atoms with Gasteiger partial charge in [-0.1, -0.05) is 12.7 Å². The molecule has 0 saturated carbocycles. The Morgan fingerprint density at radius 1 is 0.636 bits per heavy atom. The van der Waals surface area contributed by atoms with E-state index in [1.807, 2.05) is 0 Å². The third kappa shape index (κ3) is 2.92. The molecule has 1 rings (SSSR count). The highest BCUT2D eigenvalue weighted by Gasteiger charge is 2.53. The maximum Gasteiger partial charge on any atom is 0.419 e. The molecule has 11 heteroatoms. The number of nitrogens with two attached hydrogens (primary N) is 2. The predicted octanol–water partition coefficient (Wildman–Crippen LogP) is 4.55. The van der Waals surface area contributed by atoms with Crippen LogP contribution in [-0.4, -0.2) is 0 Å². The lowest BCUT2D eigenvalue weighted by Crippen LogP contribution is -2.26. The lowest BCUT2D eigenvalue weighted by Gasteiger charge is -2.25. The second-order valence-corrected chi connectivity index (χ2v) is 4.06. The van der Waals surface area contributed by atoms with E-state index in [0.29, 0.717) is 0 Å². The van der Waals surface area contributed by atoms with Gasteiger partial charge in [-0.2, -0.15) is 39.5 Å². The van der Waals surface area contributed by atoms with Crippen LogP contribution in [0.15, 0.2) is 6.58 Å². The van der Waals surface area contributed by atoms with Crippen molar-refractivity contribution >= 4 is 17.5 Å². The molecule has 2 nitrogen and oxygen atoms in total. The Hall–Kier alpha value is -2.07. The molecule has 0 amide bonds. The van der Waals surface area contributed by atoms with Gasteiger partial charge in [0.15, 0.2) is 0 Å². The fraction of sp³-hybridized carbons (Fsp3) is 0.273. The molecular weight excluding hydrogens is 331 g/mol. The first-order valence-corrected chi connectivity index (χ1v) is 5.23. The zero-order chi connectivity index (χ0) is 17.7. The highest BCUT2D eigenvalue weighted by atomic mass is 19.4. The van der Waals surface area contributed by atoms with Crippen molar-refractivity contribution < 1.29 is 39.5 Å². The van der Waals surface area contributed by atoms with E-state index in [4.69, 9.17) is 11.5 Å². The molecular formula is C11H7F9N2. The predicted molar refractivity (Wildman–Crippen MR) is 60.4 cm³/mol. The highest BCUT2D eigenvalue weighted by Crippen LogP contribution is 2.52. The van der Waals surface area contributed by atoms with Crippen molar-refractivity contribution in [3.8, 4) is 0 Å². The van der Waals surface area contributed by atoms with Gasteiger partial charge < -0.3 is 11.5 Å². The van der Waals surface area contributed by atoms with Crippen LogP contribution in [0.2, 0.25) is 0 Å². The molecule has 124 valence electrons. The average Bonchev–Trinajstić information content (AvgIpc) is 2.26. The van der Waals surface area contributed by atoms with E-state index in [-0.39, 0.29) is 6.08 Å². The van der Waals surface area contributed by atoms with Crippen molar-refractivity contribution in [2.24, 2.45) is 0 Å². The van der Waals surface area contributed by atoms with Crippen LogP contribution in [0, 0.1) is 0 Å². The minimum atomic E-state index is -5.96. The Morgan fingerprint density at radius 3 is 1.27 bits per heavy atom. The van der Waals surface area contributed by atoms with Crippen LogP contribution in [0.1, 0.15) is 22.3 Å². The zero-order valence-corrected chi connectivity index (χ0v) is 10.3. The third-order valence-corrected chi connectivity index (χ3v) is 2.67. The van der Waals surface area contributed by atoms with Crippen LogP contribution in [0.4, 0.5) is 50.9 Å². The van der Waals surface area contributed by atoms with Crippen LogP contribution in [0.5, 0.6) is 0 Å². The summed E-state index contributed by atoms with van der Waals surface area (Å²) >= 11 is 0. The number of anilines is 2. The van der Waals surface area contributed by atoms with Gasteiger partial charge in [-0.25, -0.2) is 0 Å². The molecule has 0 aliphatic rings. The summed E-state index contributed by atoms with van der Waals surface area (Å²) in [6.45, 7) is 2.84. The number of rotatable bonds is 1. The number of halogens is 9. The first-order chi connectivity index (χ1) is 9.64. The number of benzene rings is 1. The van der Waals surface area contributed by atoms with Crippen molar-refractivity contribution in [1.82, 2.24) is 0 Å². The number of nitrogen functional groups attached to an aromatic ring is 2. The van der Waals surface area contributed by atoms with Gasteiger partial charge >= 0.3 is 18.5 Å². The maximum absolute atomic E-state index is 12.9. The molecule has 0 spiro atoms. The second-order valence-electron chi connectivity index (χ2n) is 4.06. The molecule has 0 unspecified atom stereocenters. The summed E-state index contributed by atoms with van der Waals surface area (Å²) in [5.41, 5.74) is -2.52. The molecule has 1 aromatic carbocycles. The van der Waals surface area contributed by atoms with Crippen LogP contribution >= 0.6 is 0 Å². The second kappa shape index (κ2) is 4.99. The summed E-state index contributed by atoms with van der Waals surface area (Å²) in [7, 11) is 0. The topological polar surface area (TPSA) is 52.0 Å². The Labute approximate surface area is 117 Å². The van der Waals surface area contributed by atoms with E-state index in [9.17, 15) is 39.5 Å². The standard InChI is InChI=1S/C11H7F9N2/c1-2-3-4(9(12,13)14)5(10(15,16)17)6(11(18,19)20)8(22)7(3)21/h2H,1,21-22H2. The van der Waals surface area contributed by atoms with Gasteiger partial charge in [-0.05, 0) is 0 Å². The molecule has 0 aliphatic heterocycles. The molecule has 0 aliphatic carbocycles. The van der Waals surface area contributed by atoms with E-state index in [0.717, 1.165) is 0 Å². The zero-order valence-electron chi connectivity index (χ0n) is 10.3. The van der Waals surface area contributed by atoms with Crippen molar-refractivity contribution in [3.05, 3.63) is 28.8 Å². The van der Waals surface area contributed by atoms with E-state index in [1.54, 1.807) is 0 Å². The number of hydrogen-bond donors (Lipinski definition) is 2. The Bertz CT molecular complexity index is 608. The van der Waals surface area contributed by atoms with Crippen LogP contribution in [-0.2, 0) is 18.5 Å². The molecule has 0 radical (unpaired) electrons. The minimum Gasteiger partial charge on any atom is -0.397 e. The van der Waals surface area contributed by atoms with Crippen LogP contribution < -0.4 is 11.5 Å². The van der Waals surface area contributed by atoms with E-state index in [2.05, 4.69) is 6.58 Å². The molecule has 0 heterocycles. The molecule has 0 saturated heterocycles. The van der Waals surface area contributed by atoms with Gasteiger partial charge in [-0.15, -0.1) is 0 Å². The lowest BCUT2D eigenvalue weighted by atomic mass is 9.91. The minimum absolute atomic E-state index is 0.268. The Kier molecular flexibility index (Phi) is 4.08. The van der Waals surface area contributed by atoms with Gasteiger partial charge in [0.25, 0.3) is 0 Å². The average molecular weight is 338 g/mol. The van der Waals surface area contributed by atoms with Gasteiger partial charge in [-0.3, -0.25) is 0 Å². The maximum atomic E-state index is 12.9. The molecule has 4 N–H and O–H groups in total. The summed E-state index contributed by atoms with van der Waals surface area (Å²) in [5, 5.41) is 0. The summed E-state index contributed by atoms with van der Waals surface area (Å²) in [5.74, 6) is 0. The van der Waals surface area contributed by atoms with Gasteiger partial charge in [0.2, 0.25) is 0 Å².